The maximum Gasteiger partial charge on any atom is 2.00 e. The fourth-order valence-corrected chi connectivity index (χ4v) is 5.30. The first-order valence-electron chi connectivity index (χ1n) is 18.0. The largest absolute Gasteiger partial charge is 2.00 e. The molecular formula is C36H70CaO5. The van der Waals surface area contributed by atoms with Crippen molar-refractivity contribution in [1.29, 1.82) is 0 Å². The molecule has 0 aromatic carbocycles. The monoisotopic (exact) mass is 622 g/mol. The number of unbranched alkanes of at least 4 members (excludes halogenated alkanes) is 24. The van der Waals surface area contributed by atoms with Crippen LogP contribution >= 0.6 is 0 Å². The van der Waals surface area contributed by atoms with Crippen molar-refractivity contribution in [2.45, 2.75) is 219 Å². The van der Waals surface area contributed by atoms with E-state index >= 15 is 0 Å². The minimum absolute atomic E-state index is 0. The third-order valence-electron chi connectivity index (χ3n) is 8.04. The van der Waals surface area contributed by atoms with Gasteiger partial charge in [-0.1, -0.05) is 174 Å². The Morgan fingerprint density at radius 3 is 0.905 bits per heavy atom. The molecule has 0 saturated carbocycles. The van der Waals surface area contributed by atoms with Gasteiger partial charge < -0.3 is 24.9 Å². The normalized spacial score (nSPS) is 11.4. The maximum absolute atomic E-state index is 10.2. The zero-order chi connectivity index (χ0) is 30.7. The van der Waals surface area contributed by atoms with Crippen molar-refractivity contribution >= 4 is 49.7 Å². The first-order valence-corrected chi connectivity index (χ1v) is 18.0. The minimum Gasteiger partial charge on any atom is -0.550 e. The Hall–Kier alpha value is 0.160. The molecule has 0 aromatic heterocycles. The van der Waals surface area contributed by atoms with E-state index in [1.54, 1.807) is 0 Å². The Bertz CT molecular complexity index is 529. The van der Waals surface area contributed by atoms with Crippen molar-refractivity contribution in [2.75, 3.05) is 0 Å². The summed E-state index contributed by atoms with van der Waals surface area (Å²) in [6.07, 6.45) is 35.8. The first kappa shape index (κ1) is 46.6. The molecule has 0 rings (SSSR count). The third-order valence-corrected chi connectivity index (χ3v) is 8.04. The number of aliphatic hydroxyl groups is 1. The number of hydrogen-bond donors (Lipinski definition) is 1. The zero-order valence-corrected chi connectivity index (χ0v) is 30.5. The van der Waals surface area contributed by atoms with Crippen LogP contribution in [0.25, 0.3) is 0 Å². The second-order valence-electron chi connectivity index (χ2n) is 12.3. The predicted molar refractivity (Wildman–Crippen MR) is 176 cm³/mol. The molecule has 0 amide bonds. The van der Waals surface area contributed by atoms with Crippen LogP contribution in [0.5, 0.6) is 0 Å². The second kappa shape index (κ2) is 41.2. The van der Waals surface area contributed by atoms with Gasteiger partial charge in [0.15, 0.2) is 0 Å². The van der Waals surface area contributed by atoms with E-state index in [2.05, 4.69) is 13.8 Å². The number of aliphatic hydroxyl groups excluding tert-OH is 1. The molecule has 0 radical (unpaired) electrons. The Morgan fingerprint density at radius 2 is 0.643 bits per heavy atom. The van der Waals surface area contributed by atoms with Crippen LogP contribution in [-0.2, 0) is 9.59 Å². The number of hydrogen-bond acceptors (Lipinski definition) is 5. The molecule has 1 atom stereocenters. The minimum atomic E-state index is -0.928. The van der Waals surface area contributed by atoms with E-state index in [-0.39, 0.29) is 56.7 Å². The van der Waals surface area contributed by atoms with E-state index in [0.717, 1.165) is 51.4 Å². The van der Waals surface area contributed by atoms with Crippen molar-refractivity contribution < 1.29 is 24.9 Å². The van der Waals surface area contributed by atoms with Gasteiger partial charge in [0.1, 0.15) is 0 Å². The Labute approximate surface area is 291 Å². The molecule has 0 saturated heterocycles. The van der Waals surface area contributed by atoms with Crippen molar-refractivity contribution in [3.63, 3.8) is 0 Å². The molecule has 0 aliphatic rings. The number of carboxylic acid groups (broad SMARTS) is 2. The Balaban J connectivity index is -0.000000708. The molecule has 0 heterocycles. The van der Waals surface area contributed by atoms with Gasteiger partial charge in [-0.05, 0) is 38.5 Å². The van der Waals surface area contributed by atoms with Gasteiger partial charge in [-0.3, -0.25) is 0 Å². The summed E-state index contributed by atoms with van der Waals surface area (Å²) in [6, 6.07) is 0. The molecule has 0 spiro atoms. The van der Waals surface area contributed by atoms with E-state index in [4.69, 9.17) is 0 Å². The van der Waals surface area contributed by atoms with Crippen LogP contribution in [0.15, 0.2) is 0 Å². The van der Waals surface area contributed by atoms with Crippen molar-refractivity contribution in [3.05, 3.63) is 0 Å². The topological polar surface area (TPSA) is 100 Å². The first-order chi connectivity index (χ1) is 19.9. The van der Waals surface area contributed by atoms with Gasteiger partial charge in [0, 0.05) is 11.9 Å². The van der Waals surface area contributed by atoms with Gasteiger partial charge in [-0.15, -0.1) is 0 Å². The van der Waals surface area contributed by atoms with Crippen LogP contribution in [0, 0.1) is 0 Å². The summed E-state index contributed by atoms with van der Waals surface area (Å²) in [4.78, 5) is 20.5. The molecule has 5 nitrogen and oxygen atoms in total. The van der Waals surface area contributed by atoms with E-state index in [1.807, 2.05) is 0 Å². The summed E-state index contributed by atoms with van der Waals surface area (Å²) >= 11 is 0. The molecule has 0 aliphatic carbocycles. The zero-order valence-electron chi connectivity index (χ0n) is 28.3. The third kappa shape index (κ3) is 47.1. The van der Waals surface area contributed by atoms with E-state index < -0.39 is 11.9 Å². The van der Waals surface area contributed by atoms with Crippen LogP contribution in [0.1, 0.15) is 213 Å². The van der Waals surface area contributed by atoms with Crippen LogP contribution < -0.4 is 10.2 Å². The molecule has 6 heteroatoms. The standard InChI is InChI=1S/C18H36O3.C18H36O2.Ca/c1-2-3-4-11-14-17(19)15-12-9-7-5-6-8-10-13-16-18(20)21;1-2-3-4-5-6-7-8-9-10-11-12-13-14-15-16-17-18(19)20;/h17,19H,2-16H2,1H3,(H,20,21);2-17H2,1H3,(H,19,20);/q;;+2/p-2. The van der Waals surface area contributed by atoms with Crippen LogP contribution in [0.2, 0.25) is 0 Å². The summed E-state index contributed by atoms with van der Waals surface area (Å²) in [6.45, 7) is 4.48. The number of carbonyl (C=O) groups is 2. The fraction of sp³-hybridized carbons (Fsp3) is 0.944. The summed E-state index contributed by atoms with van der Waals surface area (Å²) in [5, 5.41) is 30.3. The smallest absolute Gasteiger partial charge is 0.550 e. The van der Waals surface area contributed by atoms with E-state index in [0.29, 0.717) is 0 Å². The number of carboxylic acids is 2. The molecule has 0 bridgehead atoms. The van der Waals surface area contributed by atoms with Crippen molar-refractivity contribution in [1.82, 2.24) is 0 Å². The van der Waals surface area contributed by atoms with Gasteiger partial charge in [-0.25, -0.2) is 0 Å². The van der Waals surface area contributed by atoms with E-state index in [1.165, 1.54) is 135 Å². The van der Waals surface area contributed by atoms with Crippen LogP contribution in [0.3, 0.4) is 0 Å². The molecule has 0 fully saturated rings. The number of carbonyl (C=O) groups excluding carboxylic acids is 2. The van der Waals surface area contributed by atoms with E-state index in [9.17, 15) is 24.9 Å². The summed E-state index contributed by atoms with van der Waals surface area (Å²) in [5.74, 6) is -1.83. The summed E-state index contributed by atoms with van der Waals surface area (Å²) in [5.41, 5.74) is 0. The number of aliphatic carboxylic acids is 2. The summed E-state index contributed by atoms with van der Waals surface area (Å²) in [7, 11) is 0. The summed E-state index contributed by atoms with van der Waals surface area (Å²) < 4.78 is 0. The molecule has 0 aromatic rings. The molecule has 246 valence electrons. The van der Waals surface area contributed by atoms with Gasteiger partial charge >= 0.3 is 37.7 Å². The SMILES string of the molecule is CCCCCCC(O)CCCCCCCCCCC(=O)[O-].CCCCCCCCCCCCCCCCCC(=O)[O-].[Ca+2]. The Morgan fingerprint density at radius 1 is 0.429 bits per heavy atom. The molecule has 1 N–H and O–H groups in total. The predicted octanol–water partition coefficient (Wildman–Crippen LogP) is 8.59. The van der Waals surface area contributed by atoms with Gasteiger partial charge in [0.05, 0.1) is 6.10 Å². The second-order valence-corrected chi connectivity index (χ2v) is 12.3. The molecule has 0 aliphatic heterocycles. The van der Waals surface area contributed by atoms with Gasteiger partial charge in [-0.2, -0.15) is 0 Å². The van der Waals surface area contributed by atoms with Crippen LogP contribution in [-0.4, -0.2) is 60.9 Å². The van der Waals surface area contributed by atoms with Crippen LogP contribution in [0.4, 0.5) is 0 Å². The Kier molecular flexibility index (Phi) is 45.6. The molecule has 1 unspecified atom stereocenters. The fourth-order valence-electron chi connectivity index (χ4n) is 5.30. The average Bonchev–Trinajstić information content (AvgIpc) is 2.94. The van der Waals surface area contributed by atoms with Gasteiger partial charge in [0.2, 0.25) is 0 Å². The van der Waals surface area contributed by atoms with Crippen molar-refractivity contribution in [2.24, 2.45) is 0 Å². The average molecular weight is 623 g/mol. The molecular weight excluding hydrogens is 552 g/mol. The molecule has 42 heavy (non-hydrogen) atoms. The quantitative estimate of drug-likeness (QED) is 0.0598. The van der Waals surface area contributed by atoms with Gasteiger partial charge in [0.25, 0.3) is 0 Å². The number of rotatable bonds is 32. The maximum atomic E-state index is 10.2. The van der Waals surface area contributed by atoms with Crippen molar-refractivity contribution in [3.8, 4) is 0 Å².